The first-order chi connectivity index (χ1) is 16.2. The molecule has 0 aliphatic carbocycles. The summed E-state index contributed by atoms with van der Waals surface area (Å²) in [7, 11) is 0. The number of likely N-dealkylation sites (tertiary alicyclic amines) is 1. The van der Waals surface area contributed by atoms with Gasteiger partial charge in [0.25, 0.3) is 0 Å². The SMILES string of the molecule is CCCNC(=O)C1CCN(C(=O)/C=C/c2cn(-c3ccccc3)nc2-c2ccccc2)CC1. The van der Waals surface area contributed by atoms with Crippen LogP contribution in [0.4, 0.5) is 0 Å². The van der Waals surface area contributed by atoms with Crippen molar-refractivity contribution in [2.75, 3.05) is 19.6 Å². The van der Waals surface area contributed by atoms with Crippen LogP contribution in [-0.4, -0.2) is 46.1 Å². The van der Waals surface area contributed by atoms with Crippen LogP contribution in [0.3, 0.4) is 0 Å². The summed E-state index contributed by atoms with van der Waals surface area (Å²) in [5, 5.41) is 7.76. The summed E-state index contributed by atoms with van der Waals surface area (Å²) in [6.45, 7) is 3.95. The fourth-order valence-electron chi connectivity index (χ4n) is 4.06. The van der Waals surface area contributed by atoms with E-state index in [9.17, 15) is 9.59 Å². The Balaban J connectivity index is 1.48. The molecule has 0 spiro atoms. The first-order valence-corrected chi connectivity index (χ1v) is 11.6. The van der Waals surface area contributed by atoms with E-state index in [1.54, 1.807) is 6.08 Å². The maximum atomic E-state index is 12.9. The summed E-state index contributed by atoms with van der Waals surface area (Å²) in [5.74, 6) is 0.0765. The minimum Gasteiger partial charge on any atom is -0.356 e. The molecular formula is C27H30N4O2. The molecular weight excluding hydrogens is 412 g/mol. The molecule has 1 fully saturated rings. The highest BCUT2D eigenvalue weighted by Gasteiger charge is 2.26. The largest absolute Gasteiger partial charge is 0.356 e. The lowest BCUT2D eigenvalue weighted by Gasteiger charge is -2.30. The maximum Gasteiger partial charge on any atom is 0.246 e. The smallest absolute Gasteiger partial charge is 0.246 e. The van der Waals surface area contributed by atoms with Crippen molar-refractivity contribution in [1.29, 1.82) is 0 Å². The van der Waals surface area contributed by atoms with Crippen LogP contribution in [0.25, 0.3) is 23.0 Å². The maximum absolute atomic E-state index is 12.9. The Kier molecular flexibility index (Phi) is 7.35. The van der Waals surface area contributed by atoms with E-state index in [0.29, 0.717) is 32.5 Å². The van der Waals surface area contributed by atoms with E-state index in [2.05, 4.69) is 5.32 Å². The number of piperidine rings is 1. The second kappa shape index (κ2) is 10.8. The first-order valence-electron chi connectivity index (χ1n) is 11.6. The highest BCUT2D eigenvalue weighted by molar-refractivity contribution is 5.93. The lowest BCUT2D eigenvalue weighted by Crippen LogP contribution is -2.42. The molecule has 33 heavy (non-hydrogen) atoms. The van der Waals surface area contributed by atoms with Gasteiger partial charge >= 0.3 is 0 Å². The summed E-state index contributed by atoms with van der Waals surface area (Å²) in [4.78, 5) is 26.9. The van der Waals surface area contributed by atoms with Crippen molar-refractivity contribution < 1.29 is 9.59 Å². The van der Waals surface area contributed by atoms with Crippen molar-refractivity contribution in [1.82, 2.24) is 20.0 Å². The van der Waals surface area contributed by atoms with Gasteiger partial charge in [0, 0.05) is 49.0 Å². The van der Waals surface area contributed by atoms with Gasteiger partial charge in [-0.15, -0.1) is 0 Å². The summed E-state index contributed by atoms with van der Waals surface area (Å²) in [6.07, 6.45) is 7.76. The number of nitrogens with zero attached hydrogens (tertiary/aromatic N) is 3. The number of aromatic nitrogens is 2. The molecule has 1 aliphatic rings. The number of para-hydroxylation sites is 1. The van der Waals surface area contributed by atoms with Gasteiger partial charge in [-0.25, -0.2) is 4.68 Å². The molecule has 0 saturated carbocycles. The van der Waals surface area contributed by atoms with Crippen LogP contribution in [0.15, 0.2) is 72.9 Å². The topological polar surface area (TPSA) is 67.2 Å². The second-order valence-electron chi connectivity index (χ2n) is 8.30. The van der Waals surface area contributed by atoms with Crippen LogP contribution in [0.5, 0.6) is 0 Å². The highest BCUT2D eigenvalue weighted by Crippen LogP contribution is 2.25. The molecule has 0 radical (unpaired) electrons. The number of rotatable bonds is 7. The Morgan fingerprint density at radius 1 is 1.03 bits per heavy atom. The lowest BCUT2D eigenvalue weighted by atomic mass is 9.95. The Morgan fingerprint density at radius 2 is 1.70 bits per heavy atom. The third kappa shape index (κ3) is 5.58. The number of hydrogen-bond acceptors (Lipinski definition) is 3. The molecule has 1 aliphatic heterocycles. The first kappa shape index (κ1) is 22.5. The number of hydrogen-bond donors (Lipinski definition) is 1. The number of benzene rings is 2. The summed E-state index contributed by atoms with van der Waals surface area (Å²) < 4.78 is 1.84. The van der Waals surface area contributed by atoms with Crippen LogP contribution in [0.1, 0.15) is 31.7 Å². The van der Waals surface area contributed by atoms with Gasteiger partial charge in [-0.1, -0.05) is 55.5 Å². The minimum atomic E-state index is -0.0334. The van der Waals surface area contributed by atoms with Crippen LogP contribution >= 0.6 is 0 Å². The van der Waals surface area contributed by atoms with Crippen molar-refractivity contribution in [2.24, 2.45) is 5.92 Å². The van der Waals surface area contributed by atoms with E-state index in [1.807, 2.05) is 89.4 Å². The molecule has 2 amide bonds. The van der Waals surface area contributed by atoms with E-state index in [1.165, 1.54) is 0 Å². The van der Waals surface area contributed by atoms with Crippen LogP contribution in [0, 0.1) is 5.92 Å². The predicted octanol–water partition coefficient (Wildman–Crippen LogP) is 4.32. The lowest BCUT2D eigenvalue weighted by molar-refractivity contribution is -0.132. The molecule has 3 aromatic rings. The van der Waals surface area contributed by atoms with Gasteiger partial charge in [0.2, 0.25) is 11.8 Å². The molecule has 0 atom stereocenters. The van der Waals surface area contributed by atoms with Crippen molar-refractivity contribution in [3.8, 4) is 16.9 Å². The molecule has 6 heteroatoms. The third-order valence-electron chi connectivity index (χ3n) is 5.94. The van der Waals surface area contributed by atoms with Crippen LogP contribution in [-0.2, 0) is 9.59 Å². The van der Waals surface area contributed by atoms with Crippen molar-refractivity contribution in [2.45, 2.75) is 26.2 Å². The van der Waals surface area contributed by atoms with E-state index in [0.717, 1.165) is 28.9 Å². The van der Waals surface area contributed by atoms with Crippen LogP contribution < -0.4 is 5.32 Å². The number of nitrogens with one attached hydrogen (secondary N) is 1. The van der Waals surface area contributed by atoms with Gasteiger partial charge in [-0.05, 0) is 37.5 Å². The Morgan fingerprint density at radius 3 is 2.36 bits per heavy atom. The molecule has 2 heterocycles. The molecule has 0 bridgehead atoms. The number of amides is 2. The zero-order valence-electron chi connectivity index (χ0n) is 19.0. The fraction of sp³-hybridized carbons (Fsp3) is 0.296. The molecule has 1 saturated heterocycles. The van der Waals surface area contributed by atoms with E-state index in [4.69, 9.17) is 5.10 Å². The van der Waals surface area contributed by atoms with Gasteiger partial charge in [0.05, 0.1) is 11.4 Å². The third-order valence-corrected chi connectivity index (χ3v) is 5.94. The van der Waals surface area contributed by atoms with Gasteiger partial charge in [-0.2, -0.15) is 5.10 Å². The quantitative estimate of drug-likeness (QED) is 0.554. The van der Waals surface area contributed by atoms with Crippen molar-refractivity contribution in [3.05, 3.63) is 78.5 Å². The molecule has 6 nitrogen and oxygen atoms in total. The van der Waals surface area contributed by atoms with Crippen LogP contribution in [0.2, 0.25) is 0 Å². The second-order valence-corrected chi connectivity index (χ2v) is 8.30. The average Bonchev–Trinajstić information content (AvgIpc) is 3.31. The predicted molar refractivity (Wildman–Crippen MR) is 131 cm³/mol. The molecule has 1 N–H and O–H groups in total. The van der Waals surface area contributed by atoms with Gasteiger partial charge in [0.1, 0.15) is 0 Å². The minimum absolute atomic E-state index is 0.00151. The monoisotopic (exact) mass is 442 g/mol. The van der Waals surface area contributed by atoms with Gasteiger partial charge in [-0.3, -0.25) is 9.59 Å². The van der Waals surface area contributed by atoms with E-state index >= 15 is 0 Å². The summed E-state index contributed by atoms with van der Waals surface area (Å²) in [6, 6.07) is 19.9. The molecule has 2 aromatic carbocycles. The molecule has 1 aromatic heterocycles. The van der Waals surface area contributed by atoms with Gasteiger partial charge < -0.3 is 10.2 Å². The molecule has 4 rings (SSSR count). The zero-order valence-corrected chi connectivity index (χ0v) is 19.0. The fourth-order valence-corrected chi connectivity index (χ4v) is 4.06. The normalized spacial score (nSPS) is 14.5. The number of carbonyl (C=O) groups is 2. The summed E-state index contributed by atoms with van der Waals surface area (Å²) in [5.41, 5.74) is 3.67. The average molecular weight is 443 g/mol. The summed E-state index contributed by atoms with van der Waals surface area (Å²) >= 11 is 0. The van der Waals surface area contributed by atoms with E-state index < -0.39 is 0 Å². The molecule has 0 unspecified atom stereocenters. The highest BCUT2D eigenvalue weighted by atomic mass is 16.2. The Labute approximate surface area is 194 Å². The van der Waals surface area contributed by atoms with E-state index in [-0.39, 0.29) is 17.7 Å². The Bertz CT molecular complexity index is 1100. The van der Waals surface area contributed by atoms with Crippen molar-refractivity contribution in [3.63, 3.8) is 0 Å². The standard InChI is InChI=1S/C27H30N4O2/c1-2-17-28-27(33)22-15-18-30(19-16-22)25(32)14-13-23-20-31(24-11-7-4-8-12-24)29-26(23)21-9-5-3-6-10-21/h3-14,20,22H,2,15-19H2,1H3,(H,28,33)/b14-13+. The molecule has 170 valence electrons. The zero-order chi connectivity index (χ0) is 23.0. The number of carbonyl (C=O) groups excluding carboxylic acids is 2. The van der Waals surface area contributed by atoms with Crippen molar-refractivity contribution >= 4 is 17.9 Å². The Hall–Kier alpha value is -3.67. The van der Waals surface area contributed by atoms with Gasteiger partial charge in [0.15, 0.2) is 0 Å².